The van der Waals surface area contributed by atoms with Crippen molar-refractivity contribution < 1.29 is 9.90 Å². The molecule has 1 unspecified atom stereocenters. The lowest BCUT2D eigenvalue weighted by Crippen LogP contribution is -2.44. The second-order valence-electron chi connectivity index (χ2n) is 4.28. The topological polar surface area (TPSA) is 58.4 Å². The first-order valence-electron chi connectivity index (χ1n) is 5.67. The van der Waals surface area contributed by atoms with Gasteiger partial charge in [-0.05, 0) is 13.0 Å². The summed E-state index contributed by atoms with van der Waals surface area (Å²) in [6, 6.07) is 1.96. The van der Waals surface area contributed by atoms with Crippen molar-refractivity contribution >= 4 is 17.5 Å². The van der Waals surface area contributed by atoms with Crippen LogP contribution in [0.25, 0.3) is 0 Å². The van der Waals surface area contributed by atoms with E-state index in [4.69, 9.17) is 16.7 Å². The summed E-state index contributed by atoms with van der Waals surface area (Å²) >= 11 is 5.59. The molecule has 0 aliphatic carbocycles. The van der Waals surface area contributed by atoms with Gasteiger partial charge in [-0.2, -0.15) is 5.10 Å². The number of carbonyl (C=O) groups excluding carboxylic acids is 1. The number of nitrogens with zero attached hydrogens (tertiary/aromatic N) is 3. The maximum absolute atomic E-state index is 11.9. The second kappa shape index (κ2) is 5.06. The van der Waals surface area contributed by atoms with Crippen molar-refractivity contribution in [3.05, 3.63) is 17.5 Å². The Morgan fingerprint density at radius 3 is 3.12 bits per heavy atom. The van der Waals surface area contributed by atoms with Crippen molar-refractivity contribution in [2.45, 2.75) is 39.1 Å². The Kier molecular flexibility index (Phi) is 3.69. The lowest BCUT2D eigenvalue weighted by molar-refractivity contribution is -0.134. The van der Waals surface area contributed by atoms with Crippen molar-refractivity contribution in [3.8, 4) is 0 Å². The predicted molar refractivity (Wildman–Crippen MR) is 63.5 cm³/mol. The fourth-order valence-corrected chi connectivity index (χ4v) is 2.28. The van der Waals surface area contributed by atoms with Crippen LogP contribution in [-0.4, -0.2) is 37.6 Å². The van der Waals surface area contributed by atoms with Gasteiger partial charge in [-0.15, -0.1) is 11.6 Å². The third-order valence-corrected chi connectivity index (χ3v) is 3.20. The molecule has 1 amide bonds. The lowest BCUT2D eigenvalue weighted by atomic mass is 10.2. The summed E-state index contributed by atoms with van der Waals surface area (Å²) in [6.07, 6.45) is 0.368. The molecule has 0 spiro atoms. The van der Waals surface area contributed by atoms with Crippen LogP contribution in [0.2, 0.25) is 0 Å². The Bertz CT molecular complexity index is 419. The van der Waals surface area contributed by atoms with Crippen LogP contribution in [-0.2, 0) is 24.5 Å². The van der Waals surface area contributed by atoms with Gasteiger partial charge in [0.2, 0.25) is 5.91 Å². The van der Waals surface area contributed by atoms with Crippen molar-refractivity contribution in [1.82, 2.24) is 14.7 Å². The molecule has 1 aromatic heterocycles. The normalized spacial score (nSPS) is 19.2. The molecule has 1 aromatic rings. The highest BCUT2D eigenvalue weighted by Crippen LogP contribution is 2.19. The number of hydrogen-bond acceptors (Lipinski definition) is 3. The number of aliphatic hydroxyl groups is 1. The quantitative estimate of drug-likeness (QED) is 0.813. The highest BCUT2D eigenvalue weighted by atomic mass is 35.5. The first-order valence-corrected chi connectivity index (χ1v) is 6.21. The number of aromatic nitrogens is 2. The molecule has 2 rings (SSSR count). The second-order valence-corrected chi connectivity index (χ2v) is 4.65. The van der Waals surface area contributed by atoms with Crippen LogP contribution in [0.3, 0.4) is 0 Å². The van der Waals surface area contributed by atoms with Gasteiger partial charge in [-0.25, -0.2) is 0 Å². The number of hydrogen-bond donors (Lipinski definition) is 1. The van der Waals surface area contributed by atoms with Gasteiger partial charge in [-0.3, -0.25) is 9.48 Å². The van der Waals surface area contributed by atoms with Gasteiger partial charge < -0.3 is 10.0 Å². The largest absolute Gasteiger partial charge is 0.390 e. The number of fused-ring (bicyclic) bond motifs is 1. The third-order valence-electron chi connectivity index (χ3n) is 3.01. The first-order chi connectivity index (χ1) is 8.15. The van der Waals surface area contributed by atoms with E-state index in [9.17, 15) is 4.79 Å². The van der Waals surface area contributed by atoms with E-state index >= 15 is 0 Å². The number of amides is 1. The van der Waals surface area contributed by atoms with Gasteiger partial charge in [0.15, 0.2) is 0 Å². The molecule has 0 aromatic carbocycles. The maximum atomic E-state index is 11.9. The molecule has 0 saturated carbocycles. The SMILES string of the molecule is CC1Cn2nc(CO)cc2CN1C(=O)CCCl. The van der Waals surface area contributed by atoms with E-state index in [-0.39, 0.29) is 18.6 Å². The summed E-state index contributed by atoms with van der Waals surface area (Å²) in [6.45, 7) is 3.15. The summed E-state index contributed by atoms with van der Waals surface area (Å²) in [5.74, 6) is 0.425. The Morgan fingerprint density at radius 2 is 2.47 bits per heavy atom. The van der Waals surface area contributed by atoms with Crippen LogP contribution in [0.1, 0.15) is 24.7 Å². The van der Waals surface area contributed by atoms with Crippen molar-refractivity contribution in [2.24, 2.45) is 0 Å². The van der Waals surface area contributed by atoms with Crippen LogP contribution < -0.4 is 0 Å². The monoisotopic (exact) mass is 257 g/mol. The third kappa shape index (κ3) is 2.45. The van der Waals surface area contributed by atoms with E-state index < -0.39 is 0 Å². The molecule has 0 fully saturated rings. The molecular formula is C11H16ClN3O2. The smallest absolute Gasteiger partial charge is 0.224 e. The van der Waals surface area contributed by atoms with Crippen LogP contribution in [0.4, 0.5) is 0 Å². The van der Waals surface area contributed by atoms with Crippen molar-refractivity contribution in [3.63, 3.8) is 0 Å². The molecule has 1 N–H and O–H groups in total. The maximum Gasteiger partial charge on any atom is 0.224 e. The minimum Gasteiger partial charge on any atom is -0.390 e. The zero-order chi connectivity index (χ0) is 12.4. The summed E-state index contributed by atoms with van der Waals surface area (Å²) < 4.78 is 1.86. The van der Waals surface area contributed by atoms with Crippen molar-refractivity contribution in [1.29, 1.82) is 0 Å². The summed E-state index contributed by atoms with van der Waals surface area (Å²) in [5.41, 5.74) is 1.62. The molecule has 1 aliphatic heterocycles. The number of aliphatic hydroxyl groups excluding tert-OH is 1. The average Bonchev–Trinajstić information content (AvgIpc) is 2.70. The van der Waals surface area contributed by atoms with E-state index in [0.717, 1.165) is 5.69 Å². The van der Waals surface area contributed by atoms with Crippen LogP contribution >= 0.6 is 11.6 Å². The molecule has 94 valence electrons. The standard InChI is InChI=1S/C11H16ClN3O2/c1-8-5-15-10(4-9(7-16)13-15)6-14(8)11(17)2-3-12/h4,8,16H,2-3,5-7H2,1H3. The fraction of sp³-hybridized carbons (Fsp3) is 0.636. The molecule has 0 radical (unpaired) electrons. The molecule has 6 heteroatoms. The van der Waals surface area contributed by atoms with Crippen molar-refractivity contribution in [2.75, 3.05) is 5.88 Å². The minimum atomic E-state index is -0.0655. The predicted octanol–water partition coefficient (Wildman–Crippen LogP) is 0.735. The van der Waals surface area contributed by atoms with E-state index in [1.165, 1.54) is 0 Å². The van der Waals surface area contributed by atoms with Crippen LogP contribution in [0.15, 0.2) is 6.07 Å². The van der Waals surface area contributed by atoms with E-state index in [2.05, 4.69) is 5.10 Å². The minimum absolute atomic E-state index is 0.0655. The number of carbonyl (C=O) groups is 1. The summed E-state index contributed by atoms with van der Waals surface area (Å²) in [7, 11) is 0. The molecule has 2 heterocycles. The molecule has 0 saturated heterocycles. The van der Waals surface area contributed by atoms with Crippen LogP contribution in [0, 0.1) is 0 Å². The van der Waals surface area contributed by atoms with Gasteiger partial charge in [0.25, 0.3) is 0 Å². The van der Waals surface area contributed by atoms with Gasteiger partial charge in [0.05, 0.1) is 31.1 Å². The molecule has 1 atom stereocenters. The average molecular weight is 258 g/mol. The van der Waals surface area contributed by atoms with Gasteiger partial charge in [0.1, 0.15) is 0 Å². The number of alkyl halides is 1. The Balaban J connectivity index is 2.17. The summed E-state index contributed by atoms with van der Waals surface area (Å²) in [4.78, 5) is 13.7. The molecule has 1 aliphatic rings. The zero-order valence-electron chi connectivity index (χ0n) is 9.77. The Labute approximate surface area is 105 Å². The highest BCUT2D eigenvalue weighted by molar-refractivity contribution is 6.18. The fourth-order valence-electron chi connectivity index (χ4n) is 2.12. The number of halogens is 1. The zero-order valence-corrected chi connectivity index (χ0v) is 10.5. The van der Waals surface area contributed by atoms with E-state index in [1.54, 1.807) is 0 Å². The summed E-state index contributed by atoms with van der Waals surface area (Å²) in [5, 5.41) is 13.3. The highest BCUT2D eigenvalue weighted by Gasteiger charge is 2.27. The molecule has 5 nitrogen and oxygen atoms in total. The van der Waals surface area contributed by atoms with Gasteiger partial charge >= 0.3 is 0 Å². The number of rotatable bonds is 3. The van der Waals surface area contributed by atoms with E-state index in [0.29, 0.717) is 31.1 Å². The van der Waals surface area contributed by atoms with Gasteiger partial charge in [0, 0.05) is 18.3 Å². The molecular weight excluding hydrogens is 242 g/mol. The van der Waals surface area contributed by atoms with Gasteiger partial charge in [-0.1, -0.05) is 0 Å². The Morgan fingerprint density at radius 1 is 1.71 bits per heavy atom. The first kappa shape index (κ1) is 12.4. The van der Waals surface area contributed by atoms with E-state index in [1.807, 2.05) is 22.6 Å². The molecule has 17 heavy (non-hydrogen) atoms. The Hall–Kier alpha value is -1.07. The molecule has 0 bridgehead atoms. The lowest BCUT2D eigenvalue weighted by Gasteiger charge is -2.33. The van der Waals surface area contributed by atoms with Crippen LogP contribution in [0.5, 0.6) is 0 Å².